The van der Waals surface area contributed by atoms with Crippen LogP contribution in [0.1, 0.15) is 36.8 Å². The van der Waals surface area contributed by atoms with Crippen molar-refractivity contribution in [3.05, 3.63) is 34.8 Å². The van der Waals surface area contributed by atoms with Crippen molar-refractivity contribution >= 4 is 33.8 Å². The van der Waals surface area contributed by atoms with E-state index in [1.165, 1.54) is 17.4 Å². The molecule has 0 atom stereocenters. The zero-order chi connectivity index (χ0) is 14.9. The topological polar surface area (TPSA) is 88.2 Å². The summed E-state index contributed by atoms with van der Waals surface area (Å²) in [6.45, 7) is 6.24. The third-order valence-electron chi connectivity index (χ3n) is 2.79. The van der Waals surface area contributed by atoms with Gasteiger partial charge >= 0.3 is 5.97 Å². The molecule has 0 aliphatic rings. The highest BCUT2D eigenvalue weighted by Crippen LogP contribution is 2.29. The van der Waals surface area contributed by atoms with Crippen molar-refractivity contribution in [1.82, 2.24) is 4.98 Å². The quantitative estimate of drug-likeness (QED) is 0.754. The van der Waals surface area contributed by atoms with E-state index in [4.69, 9.17) is 5.73 Å². The Morgan fingerprint density at radius 2 is 2.10 bits per heavy atom. The van der Waals surface area contributed by atoms with Gasteiger partial charge in [-0.3, -0.25) is 0 Å². The fraction of sp³-hybridized carbons (Fsp3) is 0.286. The van der Waals surface area contributed by atoms with E-state index in [2.05, 4.69) is 31.1 Å². The van der Waals surface area contributed by atoms with Crippen LogP contribution in [0.4, 0.5) is 16.5 Å². The average Bonchev–Trinajstić information content (AvgIpc) is 2.79. The number of benzene rings is 1. The van der Waals surface area contributed by atoms with E-state index in [1.54, 1.807) is 12.1 Å². The Balaban J connectivity index is 2.31. The van der Waals surface area contributed by atoms with Gasteiger partial charge in [-0.25, -0.2) is 9.78 Å². The van der Waals surface area contributed by atoms with Crippen LogP contribution in [-0.2, 0) is 5.41 Å². The molecule has 0 fully saturated rings. The van der Waals surface area contributed by atoms with Crippen molar-refractivity contribution in [3.8, 4) is 0 Å². The first-order valence-corrected chi connectivity index (χ1v) is 7.01. The van der Waals surface area contributed by atoms with Crippen LogP contribution >= 0.6 is 11.3 Å². The molecule has 1 aromatic heterocycles. The number of hydrogen-bond acceptors (Lipinski definition) is 5. The molecule has 5 nitrogen and oxygen atoms in total. The zero-order valence-corrected chi connectivity index (χ0v) is 12.4. The second kappa shape index (κ2) is 5.13. The van der Waals surface area contributed by atoms with Crippen LogP contribution in [0.5, 0.6) is 0 Å². The minimum atomic E-state index is -1.02. The summed E-state index contributed by atoms with van der Waals surface area (Å²) in [4.78, 5) is 15.7. The van der Waals surface area contributed by atoms with Crippen LogP contribution in [0.3, 0.4) is 0 Å². The highest BCUT2D eigenvalue weighted by molar-refractivity contribution is 7.13. The van der Waals surface area contributed by atoms with Crippen LogP contribution < -0.4 is 11.1 Å². The summed E-state index contributed by atoms with van der Waals surface area (Å²) < 4.78 is 0. The highest BCUT2D eigenvalue weighted by Gasteiger charge is 2.18. The van der Waals surface area contributed by atoms with Crippen molar-refractivity contribution in [3.63, 3.8) is 0 Å². The molecular weight excluding hydrogens is 274 g/mol. The molecule has 2 aromatic rings. The molecule has 0 aliphatic heterocycles. The summed E-state index contributed by atoms with van der Waals surface area (Å²) in [6.07, 6.45) is 0. The summed E-state index contributed by atoms with van der Waals surface area (Å²) in [5.74, 6) is -1.02. The van der Waals surface area contributed by atoms with Gasteiger partial charge < -0.3 is 16.2 Å². The molecule has 0 radical (unpaired) electrons. The molecule has 6 heteroatoms. The van der Waals surface area contributed by atoms with Gasteiger partial charge in [-0.2, -0.15) is 0 Å². The SMILES string of the molecule is CC(C)(C)c1csc(Nc2ccc(N)cc2C(=O)O)n1. The van der Waals surface area contributed by atoms with E-state index in [9.17, 15) is 9.90 Å². The molecule has 0 spiro atoms. The fourth-order valence-corrected chi connectivity index (χ4v) is 2.59. The third-order valence-corrected chi connectivity index (χ3v) is 3.55. The highest BCUT2D eigenvalue weighted by atomic mass is 32.1. The maximum Gasteiger partial charge on any atom is 0.337 e. The maximum absolute atomic E-state index is 11.2. The van der Waals surface area contributed by atoms with Gasteiger partial charge in [-0.15, -0.1) is 11.3 Å². The summed E-state index contributed by atoms with van der Waals surface area (Å²) >= 11 is 1.45. The zero-order valence-electron chi connectivity index (χ0n) is 11.6. The number of carboxylic acids is 1. The predicted molar refractivity (Wildman–Crippen MR) is 81.9 cm³/mol. The number of nitrogens with one attached hydrogen (secondary N) is 1. The second-order valence-electron chi connectivity index (χ2n) is 5.52. The molecule has 1 heterocycles. The standard InChI is InChI=1S/C14H17N3O2S/c1-14(2,3)11-7-20-13(17-11)16-10-5-4-8(15)6-9(10)12(18)19/h4-7H,15H2,1-3H3,(H,16,17)(H,18,19). The van der Waals surface area contributed by atoms with E-state index in [-0.39, 0.29) is 11.0 Å². The molecule has 0 amide bonds. The van der Waals surface area contributed by atoms with Crippen LogP contribution in [0.15, 0.2) is 23.6 Å². The molecule has 0 aliphatic carbocycles. The van der Waals surface area contributed by atoms with Crippen molar-refractivity contribution in [2.24, 2.45) is 0 Å². The Morgan fingerprint density at radius 3 is 2.65 bits per heavy atom. The lowest BCUT2D eigenvalue weighted by atomic mass is 9.93. The number of nitrogens with zero attached hydrogens (tertiary/aromatic N) is 1. The number of thiazole rings is 1. The lowest BCUT2D eigenvalue weighted by Crippen LogP contribution is -2.11. The van der Waals surface area contributed by atoms with E-state index >= 15 is 0 Å². The van der Waals surface area contributed by atoms with Crippen molar-refractivity contribution in [2.45, 2.75) is 26.2 Å². The minimum absolute atomic E-state index is 0.0345. The Bertz CT molecular complexity index is 644. The number of hydrogen-bond donors (Lipinski definition) is 3. The molecular formula is C14H17N3O2S. The predicted octanol–water partition coefficient (Wildman–Crippen LogP) is 3.46. The van der Waals surface area contributed by atoms with Gasteiger partial charge in [0, 0.05) is 16.5 Å². The number of aromatic carboxylic acids is 1. The minimum Gasteiger partial charge on any atom is -0.478 e. The largest absolute Gasteiger partial charge is 0.478 e. The maximum atomic E-state index is 11.2. The number of anilines is 3. The van der Waals surface area contributed by atoms with E-state index in [0.29, 0.717) is 16.5 Å². The lowest BCUT2D eigenvalue weighted by molar-refractivity contribution is 0.0698. The first-order valence-electron chi connectivity index (χ1n) is 6.13. The molecule has 4 N–H and O–H groups in total. The number of nitrogen functional groups attached to an aromatic ring is 1. The molecule has 0 saturated heterocycles. The first kappa shape index (κ1) is 14.3. The molecule has 106 valence electrons. The van der Waals surface area contributed by atoms with Crippen molar-refractivity contribution in [1.29, 1.82) is 0 Å². The number of nitrogens with two attached hydrogens (primary N) is 1. The van der Waals surface area contributed by atoms with Gasteiger partial charge in [-0.1, -0.05) is 20.8 Å². The Labute approximate surface area is 121 Å². The fourth-order valence-electron chi connectivity index (χ4n) is 1.64. The number of carbonyl (C=O) groups is 1. The summed E-state index contributed by atoms with van der Waals surface area (Å²) in [5.41, 5.74) is 7.59. The number of carboxylic acid groups (broad SMARTS) is 1. The second-order valence-corrected chi connectivity index (χ2v) is 6.38. The van der Waals surface area contributed by atoms with Crippen LogP contribution in [0, 0.1) is 0 Å². The van der Waals surface area contributed by atoms with Gasteiger partial charge in [0.2, 0.25) is 0 Å². The number of aromatic nitrogens is 1. The average molecular weight is 291 g/mol. The van der Waals surface area contributed by atoms with E-state index in [1.807, 2.05) is 5.38 Å². The molecule has 2 rings (SSSR count). The van der Waals surface area contributed by atoms with Crippen LogP contribution in [-0.4, -0.2) is 16.1 Å². The van der Waals surface area contributed by atoms with Crippen LogP contribution in [0.2, 0.25) is 0 Å². The monoisotopic (exact) mass is 291 g/mol. The summed E-state index contributed by atoms with van der Waals surface area (Å²) in [5, 5.41) is 14.9. The van der Waals surface area contributed by atoms with Gasteiger partial charge in [-0.05, 0) is 18.2 Å². The molecule has 20 heavy (non-hydrogen) atoms. The van der Waals surface area contributed by atoms with Gasteiger partial charge in [0.25, 0.3) is 0 Å². The van der Waals surface area contributed by atoms with Gasteiger partial charge in [0.05, 0.1) is 16.9 Å². The van der Waals surface area contributed by atoms with Gasteiger partial charge in [0.1, 0.15) is 0 Å². The molecule has 0 bridgehead atoms. The molecule has 0 saturated carbocycles. The molecule has 1 aromatic carbocycles. The molecule has 0 unspecified atom stereocenters. The Kier molecular flexibility index (Phi) is 3.67. The smallest absolute Gasteiger partial charge is 0.337 e. The first-order chi connectivity index (χ1) is 9.27. The summed E-state index contributed by atoms with van der Waals surface area (Å²) in [6, 6.07) is 4.74. The number of rotatable bonds is 3. The third kappa shape index (κ3) is 3.08. The normalized spacial score (nSPS) is 11.3. The Hall–Kier alpha value is -2.08. The van der Waals surface area contributed by atoms with E-state index < -0.39 is 5.97 Å². The Morgan fingerprint density at radius 1 is 1.40 bits per heavy atom. The van der Waals surface area contributed by atoms with Crippen LogP contribution in [0.25, 0.3) is 0 Å². The lowest BCUT2D eigenvalue weighted by Gasteiger charge is -2.14. The van der Waals surface area contributed by atoms with E-state index in [0.717, 1.165) is 5.69 Å². The van der Waals surface area contributed by atoms with Gasteiger partial charge in [0.15, 0.2) is 5.13 Å². The van der Waals surface area contributed by atoms with Crippen molar-refractivity contribution < 1.29 is 9.90 Å². The summed E-state index contributed by atoms with van der Waals surface area (Å²) in [7, 11) is 0. The van der Waals surface area contributed by atoms with Crippen molar-refractivity contribution in [2.75, 3.05) is 11.1 Å².